The number of ether oxygens (including phenoxy) is 1. The van der Waals surface area contributed by atoms with Crippen LogP contribution < -0.4 is 15.8 Å². The first kappa shape index (κ1) is 22.7. The quantitative estimate of drug-likeness (QED) is 0.711. The average molecular weight is 357 g/mol. The van der Waals surface area contributed by atoms with Crippen molar-refractivity contribution in [1.29, 1.82) is 0 Å². The largest absolute Gasteiger partial charge is 0.496 e. The summed E-state index contributed by atoms with van der Waals surface area (Å²) in [6.07, 6.45) is 2.20. The highest BCUT2D eigenvalue weighted by molar-refractivity contribution is 5.85. The number of methoxy groups -OCH3 is 1. The molecule has 0 radical (unpaired) electrons. The third-order valence-electron chi connectivity index (χ3n) is 4.05. The van der Waals surface area contributed by atoms with Gasteiger partial charge in [0.1, 0.15) is 5.75 Å². The number of halogens is 1. The van der Waals surface area contributed by atoms with E-state index >= 15 is 0 Å². The molecule has 0 saturated heterocycles. The van der Waals surface area contributed by atoms with E-state index in [0.29, 0.717) is 18.9 Å². The number of carbonyl (C=O) groups excluding carboxylic acids is 1. The molecule has 138 valence electrons. The van der Waals surface area contributed by atoms with Crippen LogP contribution >= 0.6 is 12.4 Å². The molecule has 0 aliphatic carbocycles. The van der Waals surface area contributed by atoms with Gasteiger partial charge in [0.2, 0.25) is 5.91 Å². The second-order valence-electron chi connectivity index (χ2n) is 7.24. The number of benzene rings is 1. The van der Waals surface area contributed by atoms with Gasteiger partial charge in [0.05, 0.1) is 7.11 Å². The topological polar surface area (TPSA) is 64.3 Å². The Bertz CT molecular complexity index is 508. The van der Waals surface area contributed by atoms with Crippen LogP contribution in [0.3, 0.4) is 0 Å². The standard InChI is InChI=1S/C19H32N2O2.ClH/c1-14(2)12-19(4,13-20)21-18(22)11-15(3)10-16-8-6-7-9-17(16)23-5;/h6-9,14-15H,10-13,20H2,1-5H3,(H,21,22);1H. The van der Waals surface area contributed by atoms with Crippen molar-refractivity contribution in [3.8, 4) is 5.75 Å². The number of para-hydroxylation sites is 1. The summed E-state index contributed by atoms with van der Waals surface area (Å²) in [5, 5.41) is 3.12. The molecule has 2 unspecified atom stereocenters. The third kappa shape index (κ3) is 7.54. The fourth-order valence-corrected chi connectivity index (χ4v) is 3.11. The summed E-state index contributed by atoms with van der Waals surface area (Å²) >= 11 is 0. The molecule has 1 rings (SSSR count). The maximum absolute atomic E-state index is 12.4. The van der Waals surface area contributed by atoms with Crippen molar-refractivity contribution in [2.45, 2.75) is 52.5 Å². The Morgan fingerprint density at radius 2 is 1.92 bits per heavy atom. The maximum Gasteiger partial charge on any atom is 0.220 e. The summed E-state index contributed by atoms with van der Waals surface area (Å²) in [6.45, 7) is 8.86. The van der Waals surface area contributed by atoms with Gasteiger partial charge in [-0.25, -0.2) is 0 Å². The molecule has 0 aliphatic heterocycles. The third-order valence-corrected chi connectivity index (χ3v) is 4.05. The zero-order valence-electron chi connectivity index (χ0n) is 15.6. The van der Waals surface area contributed by atoms with Crippen LogP contribution in [-0.4, -0.2) is 25.1 Å². The predicted octanol–water partition coefficient (Wildman–Crippen LogP) is 3.57. The highest BCUT2D eigenvalue weighted by atomic mass is 35.5. The van der Waals surface area contributed by atoms with Crippen LogP contribution in [0.15, 0.2) is 24.3 Å². The van der Waals surface area contributed by atoms with Crippen LogP contribution in [0.25, 0.3) is 0 Å². The molecule has 0 fully saturated rings. The number of amides is 1. The van der Waals surface area contributed by atoms with Crippen LogP contribution in [0.5, 0.6) is 5.75 Å². The van der Waals surface area contributed by atoms with Crippen LogP contribution in [0.1, 0.15) is 46.1 Å². The van der Waals surface area contributed by atoms with Crippen molar-refractivity contribution in [1.82, 2.24) is 5.32 Å². The number of nitrogens with two attached hydrogens (primary N) is 1. The molecule has 1 aromatic rings. The molecule has 4 nitrogen and oxygen atoms in total. The molecule has 0 spiro atoms. The lowest BCUT2D eigenvalue weighted by atomic mass is 9.90. The Balaban J connectivity index is 0.00000529. The van der Waals surface area contributed by atoms with Crippen LogP contribution in [0.4, 0.5) is 0 Å². The molecule has 1 aromatic carbocycles. The van der Waals surface area contributed by atoms with Crippen molar-refractivity contribution in [3.63, 3.8) is 0 Å². The highest BCUT2D eigenvalue weighted by Gasteiger charge is 2.26. The van der Waals surface area contributed by atoms with E-state index in [2.05, 4.69) is 32.2 Å². The second kappa shape index (κ2) is 10.6. The van der Waals surface area contributed by atoms with Crippen LogP contribution in [0.2, 0.25) is 0 Å². The van der Waals surface area contributed by atoms with Gasteiger partial charge in [-0.3, -0.25) is 4.79 Å². The van der Waals surface area contributed by atoms with Crippen LogP contribution in [-0.2, 0) is 11.2 Å². The smallest absolute Gasteiger partial charge is 0.220 e. The predicted molar refractivity (Wildman–Crippen MR) is 103 cm³/mol. The molecule has 0 heterocycles. The molecule has 0 aliphatic rings. The molecule has 0 aromatic heterocycles. The molecule has 5 heteroatoms. The number of hydrogen-bond donors (Lipinski definition) is 2. The van der Waals surface area contributed by atoms with E-state index in [1.165, 1.54) is 0 Å². The second-order valence-corrected chi connectivity index (χ2v) is 7.24. The maximum atomic E-state index is 12.4. The molecule has 0 bridgehead atoms. The van der Waals surface area contributed by atoms with Crippen LogP contribution in [0, 0.1) is 11.8 Å². The van der Waals surface area contributed by atoms with E-state index < -0.39 is 0 Å². The minimum Gasteiger partial charge on any atom is -0.496 e. The molecule has 24 heavy (non-hydrogen) atoms. The average Bonchev–Trinajstić information content (AvgIpc) is 2.46. The van der Waals surface area contributed by atoms with Gasteiger partial charge in [-0.2, -0.15) is 0 Å². The van der Waals surface area contributed by atoms with Gasteiger partial charge >= 0.3 is 0 Å². The Morgan fingerprint density at radius 3 is 2.46 bits per heavy atom. The van der Waals surface area contributed by atoms with Gasteiger partial charge in [-0.1, -0.05) is 39.0 Å². The minimum atomic E-state index is -0.324. The van der Waals surface area contributed by atoms with Gasteiger partial charge in [-0.15, -0.1) is 12.4 Å². The Kier molecular flexibility index (Phi) is 10.0. The van der Waals surface area contributed by atoms with Crippen molar-refractivity contribution >= 4 is 18.3 Å². The van der Waals surface area contributed by atoms with E-state index in [4.69, 9.17) is 10.5 Å². The first-order valence-electron chi connectivity index (χ1n) is 8.42. The van der Waals surface area contributed by atoms with Gasteiger partial charge < -0.3 is 15.8 Å². The molecule has 0 saturated carbocycles. The monoisotopic (exact) mass is 356 g/mol. The Morgan fingerprint density at radius 1 is 1.29 bits per heavy atom. The molecule has 3 N–H and O–H groups in total. The Hall–Kier alpha value is -1.26. The van der Waals surface area contributed by atoms with E-state index in [1.807, 2.05) is 25.1 Å². The number of hydrogen-bond acceptors (Lipinski definition) is 3. The van der Waals surface area contributed by atoms with Gasteiger partial charge in [0.15, 0.2) is 0 Å². The van der Waals surface area contributed by atoms with Gasteiger partial charge in [-0.05, 0) is 43.2 Å². The summed E-state index contributed by atoms with van der Waals surface area (Å²) in [5.41, 5.74) is 6.68. The minimum absolute atomic E-state index is 0. The number of nitrogens with one attached hydrogen (secondary N) is 1. The summed E-state index contributed by atoms with van der Waals surface area (Å²) in [6, 6.07) is 7.96. The van der Waals surface area contributed by atoms with E-state index in [1.54, 1.807) is 7.11 Å². The van der Waals surface area contributed by atoms with E-state index in [-0.39, 0.29) is 29.8 Å². The van der Waals surface area contributed by atoms with Crippen molar-refractivity contribution in [2.24, 2.45) is 17.6 Å². The zero-order chi connectivity index (χ0) is 17.5. The summed E-state index contributed by atoms with van der Waals surface area (Å²) in [5.74, 6) is 1.69. The number of carbonyl (C=O) groups is 1. The summed E-state index contributed by atoms with van der Waals surface area (Å²) < 4.78 is 5.38. The molecule has 2 atom stereocenters. The lowest BCUT2D eigenvalue weighted by Gasteiger charge is -2.31. The molecular weight excluding hydrogens is 324 g/mol. The fourth-order valence-electron chi connectivity index (χ4n) is 3.11. The molecular formula is C19H33ClN2O2. The summed E-state index contributed by atoms with van der Waals surface area (Å²) in [7, 11) is 1.68. The lowest BCUT2D eigenvalue weighted by Crippen LogP contribution is -2.52. The SMILES string of the molecule is COc1ccccc1CC(C)CC(=O)NC(C)(CN)CC(C)C.Cl. The normalized spacial score (nSPS) is 14.5. The van der Waals surface area contributed by atoms with Gasteiger partial charge in [0, 0.05) is 18.5 Å². The first-order chi connectivity index (χ1) is 10.8. The van der Waals surface area contributed by atoms with Crippen molar-refractivity contribution in [2.75, 3.05) is 13.7 Å². The van der Waals surface area contributed by atoms with Crippen molar-refractivity contribution < 1.29 is 9.53 Å². The zero-order valence-corrected chi connectivity index (χ0v) is 16.4. The summed E-state index contributed by atoms with van der Waals surface area (Å²) in [4.78, 5) is 12.4. The molecule has 1 amide bonds. The first-order valence-corrected chi connectivity index (χ1v) is 8.42. The highest BCUT2D eigenvalue weighted by Crippen LogP contribution is 2.22. The van der Waals surface area contributed by atoms with E-state index in [0.717, 1.165) is 24.2 Å². The lowest BCUT2D eigenvalue weighted by molar-refractivity contribution is -0.123. The number of rotatable bonds is 9. The van der Waals surface area contributed by atoms with Gasteiger partial charge in [0.25, 0.3) is 0 Å². The Labute approximate surface area is 152 Å². The fraction of sp³-hybridized carbons (Fsp3) is 0.632. The van der Waals surface area contributed by atoms with Crippen molar-refractivity contribution in [3.05, 3.63) is 29.8 Å². The van der Waals surface area contributed by atoms with E-state index in [9.17, 15) is 4.79 Å².